The van der Waals surface area contributed by atoms with Crippen LogP contribution in [0.25, 0.3) is 10.9 Å². The normalized spacial score (nSPS) is 28.4. The molecule has 1 saturated carbocycles. The van der Waals surface area contributed by atoms with Crippen LogP contribution in [0.5, 0.6) is 0 Å². The number of pyridine rings is 1. The Hall–Kier alpha value is -2.67. The number of nitrogens with one attached hydrogen (secondary N) is 1. The van der Waals surface area contributed by atoms with Crippen LogP contribution >= 0.6 is 0 Å². The molecule has 0 spiro atoms. The van der Waals surface area contributed by atoms with E-state index in [1.54, 1.807) is 25.3 Å². The number of H-pyrrole nitrogens is 1. The second-order valence-corrected chi connectivity index (χ2v) is 8.46. The summed E-state index contributed by atoms with van der Waals surface area (Å²) in [6, 6.07) is 8.76. The first-order valence-corrected chi connectivity index (χ1v) is 10.3. The van der Waals surface area contributed by atoms with Crippen LogP contribution in [-0.4, -0.2) is 65.0 Å². The predicted octanol–water partition coefficient (Wildman–Crippen LogP) is 1.77. The van der Waals surface area contributed by atoms with Crippen molar-refractivity contribution in [3.63, 3.8) is 0 Å². The maximum atomic E-state index is 13.3. The van der Waals surface area contributed by atoms with E-state index in [1.807, 2.05) is 11.0 Å². The largest absolute Gasteiger partial charge is 0.381 e. The summed E-state index contributed by atoms with van der Waals surface area (Å²) >= 11 is 0. The molecular formula is C22H25N3O4. The fraction of sp³-hybridized carbons (Fsp3) is 0.500. The van der Waals surface area contributed by atoms with Crippen LogP contribution in [0.4, 0.5) is 0 Å². The van der Waals surface area contributed by atoms with Gasteiger partial charge < -0.3 is 19.5 Å². The van der Waals surface area contributed by atoms with Crippen LogP contribution in [0.1, 0.15) is 36.0 Å². The van der Waals surface area contributed by atoms with Gasteiger partial charge >= 0.3 is 0 Å². The number of hydrogen-bond donors (Lipinski definition) is 1. The molecule has 152 valence electrons. The molecule has 2 amide bonds. The van der Waals surface area contributed by atoms with Crippen LogP contribution in [0, 0.1) is 5.92 Å². The highest BCUT2D eigenvalue weighted by molar-refractivity contribution is 6.06. The van der Waals surface area contributed by atoms with Gasteiger partial charge in [0.25, 0.3) is 5.91 Å². The van der Waals surface area contributed by atoms with Crippen molar-refractivity contribution in [2.45, 2.75) is 43.9 Å². The minimum Gasteiger partial charge on any atom is -0.381 e. The van der Waals surface area contributed by atoms with E-state index in [2.05, 4.69) is 9.88 Å². The van der Waals surface area contributed by atoms with E-state index in [4.69, 9.17) is 4.74 Å². The number of nitrogens with zero attached hydrogens (tertiary/aromatic N) is 2. The lowest BCUT2D eigenvalue weighted by molar-refractivity contribution is -0.148. The molecule has 1 N–H and O–H groups in total. The van der Waals surface area contributed by atoms with Crippen LogP contribution < -0.4 is 5.56 Å². The summed E-state index contributed by atoms with van der Waals surface area (Å²) in [5, 5.41) is 0.753. The van der Waals surface area contributed by atoms with Gasteiger partial charge in [-0.1, -0.05) is 6.07 Å². The van der Waals surface area contributed by atoms with Crippen molar-refractivity contribution >= 4 is 22.7 Å². The fourth-order valence-electron chi connectivity index (χ4n) is 5.14. The second-order valence-electron chi connectivity index (χ2n) is 8.46. The molecule has 1 aromatic carbocycles. The molecule has 1 aromatic heterocycles. The van der Waals surface area contributed by atoms with Crippen LogP contribution in [-0.2, 0) is 9.53 Å². The van der Waals surface area contributed by atoms with Gasteiger partial charge in [0.2, 0.25) is 11.5 Å². The topological polar surface area (TPSA) is 82.7 Å². The Morgan fingerprint density at radius 1 is 1.07 bits per heavy atom. The summed E-state index contributed by atoms with van der Waals surface area (Å²) in [7, 11) is 1.70. The van der Waals surface area contributed by atoms with Gasteiger partial charge in [0.15, 0.2) is 0 Å². The molecule has 3 fully saturated rings. The van der Waals surface area contributed by atoms with Gasteiger partial charge in [-0.25, -0.2) is 0 Å². The Morgan fingerprint density at radius 2 is 1.79 bits per heavy atom. The number of piperazine rings is 1. The van der Waals surface area contributed by atoms with Crippen LogP contribution in [0.15, 0.2) is 35.1 Å². The Balaban J connectivity index is 1.34. The fourth-order valence-corrected chi connectivity index (χ4v) is 5.14. The molecule has 29 heavy (non-hydrogen) atoms. The molecule has 2 aromatic rings. The lowest BCUT2D eigenvalue weighted by Crippen LogP contribution is -2.59. The van der Waals surface area contributed by atoms with Gasteiger partial charge in [-0.15, -0.1) is 0 Å². The predicted molar refractivity (Wildman–Crippen MR) is 108 cm³/mol. The highest BCUT2D eigenvalue weighted by Crippen LogP contribution is 2.37. The smallest absolute Gasteiger partial charge is 0.254 e. The maximum Gasteiger partial charge on any atom is 0.254 e. The van der Waals surface area contributed by atoms with Crippen molar-refractivity contribution in [2.75, 3.05) is 20.2 Å². The number of rotatable bonds is 3. The molecule has 3 aliphatic rings. The first-order chi connectivity index (χ1) is 14.0. The molecule has 2 bridgehead atoms. The average molecular weight is 395 g/mol. The Kier molecular flexibility index (Phi) is 4.42. The molecule has 3 heterocycles. The number of amides is 2. The van der Waals surface area contributed by atoms with E-state index in [9.17, 15) is 14.4 Å². The van der Waals surface area contributed by atoms with Crippen molar-refractivity contribution in [3.8, 4) is 0 Å². The van der Waals surface area contributed by atoms with Gasteiger partial charge in [-0.05, 0) is 43.9 Å². The lowest BCUT2D eigenvalue weighted by Gasteiger charge is -2.45. The minimum absolute atomic E-state index is 0.0326. The molecule has 7 heteroatoms. The number of hydrogen-bond acceptors (Lipinski definition) is 4. The minimum atomic E-state index is -0.182. The van der Waals surface area contributed by atoms with Gasteiger partial charge in [0.1, 0.15) is 0 Å². The third-order valence-electron chi connectivity index (χ3n) is 6.80. The number of carbonyl (C=O) groups excluding carboxylic acids is 2. The van der Waals surface area contributed by atoms with Crippen molar-refractivity contribution in [3.05, 3.63) is 46.2 Å². The molecule has 2 aliphatic heterocycles. The second kappa shape index (κ2) is 6.99. The zero-order chi connectivity index (χ0) is 20.1. The zero-order valence-corrected chi connectivity index (χ0v) is 16.5. The first-order valence-electron chi connectivity index (χ1n) is 10.3. The molecule has 2 atom stereocenters. The number of ether oxygens (including phenoxy) is 1. The summed E-state index contributed by atoms with van der Waals surface area (Å²) < 4.78 is 5.32. The molecule has 7 nitrogen and oxygen atoms in total. The van der Waals surface area contributed by atoms with Crippen LogP contribution in [0.3, 0.4) is 0 Å². The summed E-state index contributed by atoms with van der Waals surface area (Å²) in [6.07, 6.45) is 3.72. The molecule has 2 saturated heterocycles. The third-order valence-corrected chi connectivity index (χ3v) is 6.80. The molecule has 1 aliphatic carbocycles. The van der Waals surface area contributed by atoms with Crippen molar-refractivity contribution in [1.82, 2.24) is 14.8 Å². The van der Waals surface area contributed by atoms with E-state index in [1.165, 1.54) is 6.07 Å². The van der Waals surface area contributed by atoms with Gasteiger partial charge in [-0.2, -0.15) is 0 Å². The summed E-state index contributed by atoms with van der Waals surface area (Å²) in [4.78, 5) is 44.6. The first kappa shape index (κ1) is 18.4. The number of aromatic amines is 1. The maximum absolute atomic E-state index is 13.3. The number of aromatic nitrogens is 1. The van der Waals surface area contributed by atoms with Crippen LogP contribution in [0.2, 0.25) is 0 Å². The summed E-state index contributed by atoms with van der Waals surface area (Å²) in [5.74, 6) is 0.274. The lowest BCUT2D eigenvalue weighted by atomic mass is 9.81. The van der Waals surface area contributed by atoms with E-state index in [0.29, 0.717) is 24.2 Å². The Labute approximate surface area is 168 Å². The Bertz CT molecular complexity index is 1010. The quantitative estimate of drug-likeness (QED) is 0.859. The molecule has 5 rings (SSSR count). The SMILES string of the molecule is COC1CC(C(=O)N2[C@@H]3CC[C@H]2CN(C(=O)c2cccc4[nH]c(=O)ccc24)C3)C1. The van der Waals surface area contributed by atoms with Gasteiger partial charge in [0, 0.05) is 60.7 Å². The number of methoxy groups -OCH3 is 1. The number of carbonyl (C=O) groups is 2. The highest BCUT2D eigenvalue weighted by Gasteiger charge is 2.47. The monoisotopic (exact) mass is 395 g/mol. The van der Waals surface area contributed by atoms with E-state index in [0.717, 1.165) is 31.1 Å². The summed E-state index contributed by atoms with van der Waals surface area (Å²) in [6.45, 7) is 1.14. The molecule has 0 radical (unpaired) electrons. The van der Waals surface area contributed by atoms with Crippen molar-refractivity contribution in [1.29, 1.82) is 0 Å². The molecule has 0 unspecified atom stereocenters. The number of likely N-dealkylation sites (tertiary alicyclic amines) is 1. The highest BCUT2D eigenvalue weighted by atomic mass is 16.5. The van der Waals surface area contributed by atoms with Gasteiger partial charge in [0.05, 0.1) is 6.10 Å². The number of fused-ring (bicyclic) bond motifs is 3. The standard InChI is InChI=1S/C22H25N3O4/c1-29-16-9-13(10-16)21(27)25-14-5-6-15(25)12-24(11-14)22(28)18-3-2-4-19-17(18)7-8-20(26)23-19/h2-4,7-8,13-16H,5-6,9-12H2,1H3,(H,23,26)/t13?,14-,15+,16?. The van der Waals surface area contributed by atoms with E-state index in [-0.39, 0.29) is 41.5 Å². The number of benzene rings is 1. The molecular weight excluding hydrogens is 370 g/mol. The van der Waals surface area contributed by atoms with Crippen molar-refractivity contribution < 1.29 is 14.3 Å². The third kappa shape index (κ3) is 3.04. The average Bonchev–Trinajstić information content (AvgIpc) is 2.95. The zero-order valence-electron chi connectivity index (χ0n) is 16.5. The van der Waals surface area contributed by atoms with Crippen molar-refractivity contribution in [2.24, 2.45) is 5.92 Å². The van der Waals surface area contributed by atoms with Gasteiger partial charge in [-0.3, -0.25) is 14.4 Å². The van der Waals surface area contributed by atoms with E-state index >= 15 is 0 Å². The summed E-state index contributed by atoms with van der Waals surface area (Å²) in [5.41, 5.74) is 1.08. The van der Waals surface area contributed by atoms with E-state index < -0.39 is 0 Å². The Morgan fingerprint density at radius 3 is 2.48 bits per heavy atom.